The molecule has 2 aromatic heterocycles. The van der Waals surface area contributed by atoms with Crippen LogP contribution in [0.5, 0.6) is 0 Å². The summed E-state index contributed by atoms with van der Waals surface area (Å²) < 4.78 is 46.5. The minimum absolute atomic E-state index is 0.00330. The molecule has 0 fully saturated rings. The van der Waals surface area contributed by atoms with Gasteiger partial charge in [0.2, 0.25) is 5.43 Å². The normalized spacial score (nSPS) is 13.4. The minimum atomic E-state index is -4.76. The maximum absolute atomic E-state index is 13.7. The number of carbonyl (C=O) groups is 2. The second kappa shape index (κ2) is 9.05. The largest absolute Gasteiger partial charge is 0.453 e. The molecule has 33 heavy (non-hydrogen) atoms. The van der Waals surface area contributed by atoms with Crippen LogP contribution in [0, 0.1) is 0 Å². The summed E-state index contributed by atoms with van der Waals surface area (Å²) in [5, 5.41) is 2.16. The number of amides is 1. The fourth-order valence-corrected chi connectivity index (χ4v) is 3.40. The number of anilines is 1. The van der Waals surface area contributed by atoms with Crippen LogP contribution in [-0.2, 0) is 21.3 Å². The second-order valence-corrected chi connectivity index (χ2v) is 7.51. The number of fused-ring (bicyclic) bond motifs is 1. The molecular weight excluding hydrogens is 439 g/mol. The lowest BCUT2D eigenvalue weighted by Gasteiger charge is -2.30. The van der Waals surface area contributed by atoms with Gasteiger partial charge in [0, 0.05) is 18.0 Å². The molecule has 1 atom stereocenters. The van der Waals surface area contributed by atoms with Crippen LogP contribution in [0.2, 0.25) is 0 Å². The quantitative estimate of drug-likeness (QED) is 0.515. The number of esters is 1. The summed E-state index contributed by atoms with van der Waals surface area (Å²) >= 11 is 0. The number of aromatic amines is 1. The fraction of sp³-hybridized carbons (Fsp3) is 0.304. The van der Waals surface area contributed by atoms with E-state index in [1.54, 1.807) is 26.0 Å². The zero-order valence-corrected chi connectivity index (χ0v) is 18.2. The molecule has 0 radical (unpaired) electrons. The van der Waals surface area contributed by atoms with Crippen LogP contribution in [0.1, 0.15) is 55.2 Å². The highest BCUT2D eigenvalue weighted by atomic mass is 19.4. The number of ether oxygens (including phenoxy) is 1. The summed E-state index contributed by atoms with van der Waals surface area (Å²) in [4.78, 5) is 45.2. The Morgan fingerprint density at radius 1 is 1.12 bits per heavy atom. The van der Waals surface area contributed by atoms with Gasteiger partial charge >= 0.3 is 12.1 Å². The average Bonchev–Trinajstić information content (AvgIpc) is 2.78. The number of rotatable bonds is 6. The number of alkyl halides is 3. The first kappa shape index (κ1) is 24.0. The van der Waals surface area contributed by atoms with Gasteiger partial charge in [-0.1, -0.05) is 26.0 Å². The molecule has 0 aliphatic heterocycles. The van der Waals surface area contributed by atoms with E-state index in [9.17, 15) is 27.6 Å². The van der Waals surface area contributed by atoms with Crippen LogP contribution < -0.4 is 10.7 Å². The van der Waals surface area contributed by atoms with Crippen molar-refractivity contribution in [1.29, 1.82) is 0 Å². The Bertz CT molecular complexity index is 1260. The first-order valence-electron chi connectivity index (χ1n) is 10.2. The highest BCUT2D eigenvalue weighted by Gasteiger charge is 2.39. The standard InChI is InChI=1S/C23H22F3N3O4/c1-4-16(30)33-22(3,5-2)20-17(21(32)28-15-11-6-7-12-27-15)19(31)13-9-8-10-14(18(13)29-20)23(24,25)26/h6-12H,4-5H2,1-3H3,(H,29,31)(H,27,28,32). The highest BCUT2D eigenvalue weighted by Crippen LogP contribution is 2.36. The number of aromatic nitrogens is 2. The molecule has 174 valence electrons. The third kappa shape index (κ3) is 4.74. The van der Waals surface area contributed by atoms with Crippen LogP contribution in [0.3, 0.4) is 0 Å². The average molecular weight is 461 g/mol. The molecule has 1 unspecified atom stereocenters. The number of H-pyrrole nitrogens is 1. The number of pyridine rings is 2. The molecule has 2 N–H and O–H groups in total. The van der Waals surface area contributed by atoms with Gasteiger partial charge < -0.3 is 15.0 Å². The Morgan fingerprint density at radius 2 is 1.85 bits per heavy atom. The SMILES string of the molecule is CCC(=O)OC(C)(CC)c1[nH]c2c(C(F)(F)F)cccc2c(=O)c1C(=O)Nc1ccccn1. The first-order valence-corrected chi connectivity index (χ1v) is 10.2. The van der Waals surface area contributed by atoms with Crippen LogP contribution >= 0.6 is 0 Å². The van der Waals surface area contributed by atoms with Crippen LogP contribution in [-0.4, -0.2) is 21.8 Å². The van der Waals surface area contributed by atoms with E-state index in [-0.39, 0.29) is 29.7 Å². The van der Waals surface area contributed by atoms with Gasteiger partial charge in [0.15, 0.2) is 0 Å². The van der Waals surface area contributed by atoms with Crippen molar-refractivity contribution in [3.63, 3.8) is 0 Å². The smallest absolute Gasteiger partial charge is 0.418 e. The number of para-hydroxylation sites is 1. The number of hydrogen-bond donors (Lipinski definition) is 2. The highest BCUT2D eigenvalue weighted by molar-refractivity contribution is 6.06. The molecule has 1 aromatic carbocycles. The zero-order chi connectivity index (χ0) is 24.4. The predicted octanol–water partition coefficient (Wildman–Crippen LogP) is 4.77. The van der Waals surface area contributed by atoms with Crippen molar-refractivity contribution in [2.75, 3.05) is 5.32 Å². The topological polar surface area (TPSA) is 101 Å². The molecular formula is C23H22F3N3O4. The van der Waals surface area contributed by atoms with Gasteiger partial charge in [-0.05, 0) is 37.6 Å². The van der Waals surface area contributed by atoms with E-state index in [0.29, 0.717) is 0 Å². The molecule has 0 bridgehead atoms. The van der Waals surface area contributed by atoms with Gasteiger partial charge in [-0.3, -0.25) is 14.4 Å². The Labute approximate surface area is 187 Å². The number of carbonyl (C=O) groups excluding carboxylic acids is 2. The van der Waals surface area contributed by atoms with E-state index in [1.807, 2.05) is 0 Å². The van der Waals surface area contributed by atoms with Crippen LogP contribution in [0.4, 0.5) is 19.0 Å². The number of hydrogen-bond acceptors (Lipinski definition) is 5. The maximum atomic E-state index is 13.7. The lowest BCUT2D eigenvalue weighted by atomic mass is 9.91. The van der Waals surface area contributed by atoms with Gasteiger partial charge in [-0.15, -0.1) is 0 Å². The molecule has 3 rings (SSSR count). The van der Waals surface area contributed by atoms with Crippen molar-refractivity contribution in [2.24, 2.45) is 0 Å². The zero-order valence-electron chi connectivity index (χ0n) is 18.2. The molecule has 0 aliphatic carbocycles. The first-order chi connectivity index (χ1) is 15.5. The van der Waals surface area contributed by atoms with Crippen molar-refractivity contribution >= 4 is 28.6 Å². The van der Waals surface area contributed by atoms with E-state index in [1.165, 1.54) is 25.3 Å². The second-order valence-electron chi connectivity index (χ2n) is 7.51. The lowest BCUT2D eigenvalue weighted by molar-refractivity contribution is -0.159. The van der Waals surface area contributed by atoms with E-state index < -0.39 is 45.7 Å². The number of benzene rings is 1. The van der Waals surface area contributed by atoms with Crippen molar-refractivity contribution in [2.45, 2.75) is 45.4 Å². The Hall–Kier alpha value is -3.69. The molecule has 1 amide bonds. The summed E-state index contributed by atoms with van der Waals surface area (Å²) in [5.74, 6) is -1.39. The monoisotopic (exact) mass is 461 g/mol. The van der Waals surface area contributed by atoms with Crippen LogP contribution in [0.15, 0.2) is 47.4 Å². The molecule has 0 spiro atoms. The lowest BCUT2D eigenvalue weighted by Crippen LogP contribution is -2.36. The van der Waals surface area contributed by atoms with Gasteiger partial charge in [0.1, 0.15) is 17.0 Å². The van der Waals surface area contributed by atoms with Crippen molar-refractivity contribution in [1.82, 2.24) is 9.97 Å². The summed E-state index contributed by atoms with van der Waals surface area (Å²) in [7, 11) is 0. The van der Waals surface area contributed by atoms with Gasteiger partial charge in [-0.25, -0.2) is 4.98 Å². The van der Waals surface area contributed by atoms with E-state index in [2.05, 4.69) is 15.3 Å². The van der Waals surface area contributed by atoms with E-state index in [0.717, 1.165) is 12.1 Å². The summed E-state index contributed by atoms with van der Waals surface area (Å²) in [5.41, 5.74) is -4.75. The van der Waals surface area contributed by atoms with Gasteiger partial charge in [0.25, 0.3) is 5.91 Å². The number of nitrogens with zero attached hydrogens (tertiary/aromatic N) is 1. The Kier molecular flexibility index (Phi) is 6.57. The molecule has 0 saturated heterocycles. The van der Waals surface area contributed by atoms with Crippen molar-refractivity contribution in [3.05, 3.63) is 69.6 Å². The third-order valence-electron chi connectivity index (χ3n) is 5.31. The molecule has 7 nitrogen and oxygen atoms in total. The molecule has 0 aliphatic rings. The predicted molar refractivity (Wildman–Crippen MR) is 116 cm³/mol. The molecule has 0 saturated carbocycles. The molecule has 10 heteroatoms. The van der Waals surface area contributed by atoms with Crippen molar-refractivity contribution in [3.8, 4) is 0 Å². The van der Waals surface area contributed by atoms with Crippen molar-refractivity contribution < 1.29 is 27.5 Å². The number of nitrogens with one attached hydrogen (secondary N) is 2. The Morgan fingerprint density at radius 3 is 2.42 bits per heavy atom. The van der Waals surface area contributed by atoms with Gasteiger partial charge in [0.05, 0.1) is 16.8 Å². The summed E-state index contributed by atoms with van der Waals surface area (Å²) in [6.07, 6.45) is -3.26. The number of halogens is 3. The molecule has 2 heterocycles. The van der Waals surface area contributed by atoms with Gasteiger partial charge in [-0.2, -0.15) is 13.2 Å². The fourth-order valence-electron chi connectivity index (χ4n) is 3.40. The third-order valence-corrected chi connectivity index (χ3v) is 5.31. The summed E-state index contributed by atoms with van der Waals surface area (Å²) in [6.45, 7) is 4.62. The van der Waals surface area contributed by atoms with Crippen LogP contribution in [0.25, 0.3) is 10.9 Å². The summed E-state index contributed by atoms with van der Waals surface area (Å²) in [6, 6.07) is 7.86. The van der Waals surface area contributed by atoms with E-state index in [4.69, 9.17) is 4.74 Å². The Balaban J connectivity index is 2.34. The maximum Gasteiger partial charge on any atom is 0.418 e. The minimum Gasteiger partial charge on any atom is -0.453 e. The molecule has 3 aromatic rings. The van der Waals surface area contributed by atoms with E-state index >= 15 is 0 Å².